The number of nitrogens with one attached hydrogen (secondary N) is 1. The van der Waals surface area contributed by atoms with Gasteiger partial charge in [-0.1, -0.05) is 0 Å². The lowest BCUT2D eigenvalue weighted by Crippen LogP contribution is -2.62. The monoisotopic (exact) mass is 413 g/mol. The molecule has 0 radical (unpaired) electrons. The Balaban J connectivity index is 2.97. The topological polar surface area (TPSA) is 209 Å². The van der Waals surface area contributed by atoms with Crippen LogP contribution >= 0.6 is 0 Å². The first-order chi connectivity index (χ1) is 12.8. The molecule has 1 saturated heterocycles. The number of hydrogen-bond donors (Lipinski definition) is 9. The summed E-state index contributed by atoms with van der Waals surface area (Å²) in [6.07, 6.45) is -16.1. The first-order valence-corrected chi connectivity index (χ1v) is 8.77. The highest BCUT2D eigenvalue weighted by atomic mass is 16.7. The fraction of sp³-hybridized carbons (Fsp3) is 0.938. The van der Waals surface area contributed by atoms with Crippen molar-refractivity contribution in [1.82, 2.24) is 5.32 Å². The second-order valence-electron chi connectivity index (χ2n) is 7.72. The Kier molecular flexibility index (Phi) is 9.15. The zero-order valence-electron chi connectivity index (χ0n) is 15.9. The first-order valence-electron chi connectivity index (χ1n) is 8.77. The van der Waals surface area contributed by atoms with E-state index in [9.17, 15) is 45.6 Å². The molecule has 0 aromatic heterocycles. The van der Waals surface area contributed by atoms with Crippen molar-refractivity contribution >= 4 is 5.91 Å². The van der Waals surface area contributed by atoms with Crippen molar-refractivity contribution < 1.29 is 55.1 Å². The van der Waals surface area contributed by atoms with Crippen LogP contribution in [0.4, 0.5) is 0 Å². The van der Waals surface area contributed by atoms with Gasteiger partial charge in [-0.05, 0) is 20.8 Å². The SMILES string of the molecule is CC(C)(C)NC(=O)C(O)C(O)C(OC1OC(CO)C(O)C(O)C1O)C(O)CO. The molecule has 9 atom stereocenters. The van der Waals surface area contributed by atoms with E-state index < -0.39 is 79.8 Å². The van der Waals surface area contributed by atoms with Gasteiger partial charge in [0.1, 0.15) is 42.7 Å². The normalized spacial score (nSPS) is 33.0. The van der Waals surface area contributed by atoms with Gasteiger partial charge in [0.05, 0.1) is 13.2 Å². The van der Waals surface area contributed by atoms with Gasteiger partial charge in [-0.3, -0.25) is 4.79 Å². The minimum Gasteiger partial charge on any atom is -0.394 e. The zero-order chi connectivity index (χ0) is 21.8. The smallest absolute Gasteiger partial charge is 0.252 e. The van der Waals surface area contributed by atoms with E-state index in [0.717, 1.165) is 0 Å². The van der Waals surface area contributed by atoms with Crippen molar-refractivity contribution in [2.75, 3.05) is 13.2 Å². The van der Waals surface area contributed by atoms with Crippen LogP contribution in [-0.2, 0) is 14.3 Å². The summed E-state index contributed by atoms with van der Waals surface area (Å²) in [5.41, 5.74) is -0.735. The Hall–Kier alpha value is -0.930. The molecule has 9 unspecified atom stereocenters. The molecule has 12 heteroatoms. The molecule has 1 amide bonds. The molecule has 166 valence electrons. The lowest BCUT2D eigenvalue weighted by molar-refractivity contribution is -0.326. The second kappa shape index (κ2) is 10.2. The first kappa shape index (κ1) is 25.1. The van der Waals surface area contributed by atoms with Gasteiger partial charge in [0.2, 0.25) is 0 Å². The summed E-state index contributed by atoms with van der Waals surface area (Å²) in [5.74, 6) is -0.979. The third kappa shape index (κ3) is 6.29. The summed E-state index contributed by atoms with van der Waals surface area (Å²) in [5, 5.41) is 80.7. The molecule has 1 rings (SSSR count). The van der Waals surface area contributed by atoms with Gasteiger partial charge in [-0.2, -0.15) is 0 Å². The summed E-state index contributed by atoms with van der Waals surface area (Å²) in [6.45, 7) is 3.22. The van der Waals surface area contributed by atoms with Gasteiger partial charge in [0, 0.05) is 5.54 Å². The number of hydrogen-bond acceptors (Lipinski definition) is 11. The van der Waals surface area contributed by atoms with Crippen LogP contribution in [0.15, 0.2) is 0 Å². The van der Waals surface area contributed by atoms with E-state index in [1.54, 1.807) is 20.8 Å². The maximum absolute atomic E-state index is 12.1. The molecule has 1 aliphatic rings. The predicted molar refractivity (Wildman–Crippen MR) is 91.6 cm³/mol. The summed E-state index contributed by atoms with van der Waals surface area (Å²) in [6, 6.07) is 0. The van der Waals surface area contributed by atoms with E-state index in [2.05, 4.69) is 5.32 Å². The molecule has 0 bridgehead atoms. The summed E-state index contributed by atoms with van der Waals surface area (Å²) in [7, 11) is 0. The number of ether oxygens (including phenoxy) is 2. The van der Waals surface area contributed by atoms with Gasteiger partial charge >= 0.3 is 0 Å². The zero-order valence-corrected chi connectivity index (χ0v) is 15.9. The van der Waals surface area contributed by atoms with Crippen LogP contribution in [0.1, 0.15) is 20.8 Å². The maximum Gasteiger partial charge on any atom is 0.252 e. The van der Waals surface area contributed by atoms with E-state index in [-0.39, 0.29) is 0 Å². The van der Waals surface area contributed by atoms with Crippen molar-refractivity contribution in [3.8, 4) is 0 Å². The molecule has 1 fully saturated rings. The van der Waals surface area contributed by atoms with Crippen molar-refractivity contribution in [3.05, 3.63) is 0 Å². The third-order valence-corrected chi connectivity index (χ3v) is 4.13. The highest BCUT2D eigenvalue weighted by Gasteiger charge is 2.47. The lowest BCUT2D eigenvalue weighted by atomic mass is 9.98. The Bertz CT molecular complexity index is 497. The highest BCUT2D eigenvalue weighted by molar-refractivity contribution is 5.81. The molecule has 9 N–H and O–H groups in total. The summed E-state index contributed by atoms with van der Waals surface area (Å²) >= 11 is 0. The molecule has 0 spiro atoms. The number of aliphatic hydroxyl groups excluding tert-OH is 8. The van der Waals surface area contributed by atoms with Crippen LogP contribution in [0.25, 0.3) is 0 Å². The maximum atomic E-state index is 12.1. The summed E-state index contributed by atoms with van der Waals surface area (Å²) in [4.78, 5) is 12.1. The van der Waals surface area contributed by atoms with Crippen LogP contribution in [0.2, 0.25) is 0 Å². The molecule has 0 aromatic carbocycles. The number of carbonyl (C=O) groups excluding carboxylic acids is 1. The Morgan fingerprint density at radius 2 is 1.64 bits per heavy atom. The van der Waals surface area contributed by atoms with Crippen LogP contribution in [0, 0.1) is 0 Å². The van der Waals surface area contributed by atoms with Gasteiger partial charge in [-0.15, -0.1) is 0 Å². The van der Waals surface area contributed by atoms with Crippen LogP contribution in [-0.4, -0.2) is 121 Å². The molecule has 0 saturated carbocycles. The average molecular weight is 413 g/mol. The quantitative estimate of drug-likeness (QED) is 0.184. The number of aliphatic hydroxyl groups is 8. The number of carbonyl (C=O) groups is 1. The van der Waals surface area contributed by atoms with Crippen LogP contribution < -0.4 is 5.32 Å². The van der Waals surface area contributed by atoms with Gasteiger partial charge in [0.25, 0.3) is 5.91 Å². The largest absolute Gasteiger partial charge is 0.394 e. The molecule has 1 heterocycles. The van der Waals surface area contributed by atoms with Crippen molar-refractivity contribution in [2.45, 2.75) is 81.4 Å². The fourth-order valence-electron chi connectivity index (χ4n) is 2.62. The molecule has 1 aliphatic heterocycles. The molecule has 0 aromatic rings. The number of amides is 1. The number of rotatable bonds is 8. The molecule has 28 heavy (non-hydrogen) atoms. The second-order valence-corrected chi connectivity index (χ2v) is 7.72. The molecule has 0 aliphatic carbocycles. The minimum absolute atomic E-state index is 0.735. The van der Waals surface area contributed by atoms with E-state index in [1.807, 2.05) is 0 Å². The molecular formula is C16H31NO11. The van der Waals surface area contributed by atoms with Crippen molar-refractivity contribution in [1.29, 1.82) is 0 Å². The van der Waals surface area contributed by atoms with E-state index in [4.69, 9.17) is 9.47 Å². The van der Waals surface area contributed by atoms with Crippen molar-refractivity contribution in [2.24, 2.45) is 0 Å². The van der Waals surface area contributed by atoms with Crippen molar-refractivity contribution in [3.63, 3.8) is 0 Å². The Labute approximate surface area is 161 Å². The third-order valence-electron chi connectivity index (χ3n) is 4.13. The molecular weight excluding hydrogens is 382 g/mol. The standard InChI is InChI=1S/C16H31NO11/c1-16(2,3)17-14(26)11(24)10(23)13(6(20)4-18)28-15-12(25)9(22)8(21)7(5-19)27-15/h6-13,15,18-25H,4-5H2,1-3H3,(H,17,26). The lowest BCUT2D eigenvalue weighted by Gasteiger charge is -2.42. The van der Waals surface area contributed by atoms with E-state index >= 15 is 0 Å². The summed E-state index contributed by atoms with van der Waals surface area (Å²) < 4.78 is 10.3. The Morgan fingerprint density at radius 1 is 1.07 bits per heavy atom. The average Bonchev–Trinajstić information content (AvgIpc) is 2.62. The van der Waals surface area contributed by atoms with E-state index in [1.165, 1.54) is 0 Å². The molecule has 12 nitrogen and oxygen atoms in total. The fourth-order valence-corrected chi connectivity index (χ4v) is 2.62. The Morgan fingerprint density at radius 3 is 2.11 bits per heavy atom. The predicted octanol–water partition coefficient (Wildman–Crippen LogP) is -4.84. The van der Waals surface area contributed by atoms with Crippen LogP contribution in [0.5, 0.6) is 0 Å². The van der Waals surface area contributed by atoms with Gasteiger partial charge in [0.15, 0.2) is 12.4 Å². The van der Waals surface area contributed by atoms with E-state index in [0.29, 0.717) is 0 Å². The minimum atomic E-state index is -2.07. The van der Waals surface area contributed by atoms with Gasteiger partial charge in [-0.25, -0.2) is 0 Å². The van der Waals surface area contributed by atoms with Gasteiger partial charge < -0.3 is 55.6 Å². The van der Waals surface area contributed by atoms with Crippen LogP contribution in [0.3, 0.4) is 0 Å². The highest BCUT2D eigenvalue weighted by Crippen LogP contribution is 2.25.